The number of piperidine rings is 1. The van der Waals surface area contributed by atoms with Gasteiger partial charge in [-0.2, -0.15) is 18.3 Å². The molecule has 11 heteroatoms. The number of halogens is 5. The van der Waals surface area contributed by atoms with Gasteiger partial charge in [0.15, 0.2) is 0 Å². The van der Waals surface area contributed by atoms with Crippen LogP contribution in [0.5, 0.6) is 0 Å². The maximum Gasteiger partial charge on any atom is 0.416 e. The van der Waals surface area contributed by atoms with Crippen LogP contribution in [-0.4, -0.2) is 49.9 Å². The van der Waals surface area contributed by atoms with Crippen molar-refractivity contribution in [3.05, 3.63) is 77.9 Å². The maximum atomic E-state index is 14.8. The van der Waals surface area contributed by atoms with Crippen LogP contribution in [0.3, 0.4) is 0 Å². The number of benzene rings is 2. The molecule has 35 heavy (non-hydrogen) atoms. The van der Waals surface area contributed by atoms with Crippen LogP contribution in [0.2, 0.25) is 0 Å². The maximum absolute atomic E-state index is 14.8. The summed E-state index contributed by atoms with van der Waals surface area (Å²) in [5, 5.41) is 19.0. The van der Waals surface area contributed by atoms with Crippen LogP contribution in [-0.2, 0) is 18.3 Å². The molecule has 2 N–H and O–H groups in total. The second kappa shape index (κ2) is 9.90. The molecule has 1 saturated heterocycles. The molecule has 1 aliphatic rings. The van der Waals surface area contributed by atoms with E-state index in [9.17, 15) is 27.1 Å². The minimum atomic E-state index is -4.38. The molecule has 2 heterocycles. The summed E-state index contributed by atoms with van der Waals surface area (Å²) in [6.45, 7) is 2.81. The van der Waals surface area contributed by atoms with Crippen molar-refractivity contribution < 1.29 is 27.1 Å². The molecule has 6 nitrogen and oxygen atoms in total. The standard InChI is InChI=1S/C24H26F5N5O/c1-16(23(35,13-34-15-30-14-31-34)21-7-4-18(25)12-22(21)26)33-10-8-20(9-11-33)32-19-5-2-17(3-6-19)24(27,28)29/h2-7,12,14-16,20,32,35H,8-11,13H2,1H3/t16-,23-/m1/s1. The Labute approximate surface area is 199 Å². The first kappa shape index (κ1) is 25.1. The highest BCUT2D eigenvalue weighted by atomic mass is 19.4. The average molecular weight is 495 g/mol. The van der Waals surface area contributed by atoms with E-state index in [1.54, 1.807) is 6.92 Å². The molecule has 0 unspecified atom stereocenters. The second-order valence-corrected chi connectivity index (χ2v) is 8.85. The van der Waals surface area contributed by atoms with Crippen molar-refractivity contribution in [3.63, 3.8) is 0 Å². The van der Waals surface area contributed by atoms with Crippen molar-refractivity contribution >= 4 is 5.69 Å². The molecular weight excluding hydrogens is 469 g/mol. The third-order valence-corrected chi connectivity index (χ3v) is 6.62. The largest absolute Gasteiger partial charge is 0.416 e. The Morgan fingerprint density at radius 1 is 1.09 bits per heavy atom. The molecule has 0 bridgehead atoms. The summed E-state index contributed by atoms with van der Waals surface area (Å²) in [5.74, 6) is -1.59. The summed E-state index contributed by atoms with van der Waals surface area (Å²) < 4.78 is 68.1. The number of nitrogens with one attached hydrogen (secondary N) is 1. The smallest absolute Gasteiger partial charge is 0.382 e. The molecule has 1 aromatic heterocycles. The Balaban J connectivity index is 1.46. The molecule has 0 saturated carbocycles. The lowest BCUT2D eigenvalue weighted by Crippen LogP contribution is -2.55. The van der Waals surface area contributed by atoms with Gasteiger partial charge >= 0.3 is 6.18 Å². The zero-order chi connectivity index (χ0) is 25.2. The van der Waals surface area contributed by atoms with E-state index in [0.717, 1.165) is 24.3 Å². The molecule has 2 atom stereocenters. The fourth-order valence-corrected chi connectivity index (χ4v) is 4.57. The number of anilines is 1. The highest BCUT2D eigenvalue weighted by Gasteiger charge is 2.42. The normalized spacial score (nSPS) is 18.3. The van der Waals surface area contributed by atoms with Gasteiger partial charge in [-0.05, 0) is 50.1 Å². The zero-order valence-corrected chi connectivity index (χ0v) is 19.0. The molecule has 3 aromatic rings. The van der Waals surface area contributed by atoms with Crippen molar-refractivity contribution in [2.24, 2.45) is 0 Å². The summed E-state index contributed by atoms with van der Waals surface area (Å²) >= 11 is 0. The topological polar surface area (TPSA) is 66.2 Å². The third-order valence-electron chi connectivity index (χ3n) is 6.62. The van der Waals surface area contributed by atoms with Gasteiger partial charge in [0.2, 0.25) is 0 Å². The van der Waals surface area contributed by atoms with Crippen molar-refractivity contribution in [2.45, 2.75) is 50.2 Å². The first-order valence-electron chi connectivity index (χ1n) is 11.2. The second-order valence-electron chi connectivity index (χ2n) is 8.85. The van der Waals surface area contributed by atoms with Crippen LogP contribution >= 0.6 is 0 Å². The predicted octanol–water partition coefficient (Wildman–Crippen LogP) is 4.43. The number of likely N-dealkylation sites (tertiary alicyclic amines) is 1. The van der Waals surface area contributed by atoms with Crippen LogP contribution in [0.4, 0.5) is 27.6 Å². The highest BCUT2D eigenvalue weighted by molar-refractivity contribution is 5.46. The first-order chi connectivity index (χ1) is 16.6. The summed E-state index contributed by atoms with van der Waals surface area (Å²) in [7, 11) is 0. The Kier molecular flexibility index (Phi) is 7.09. The van der Waals surface area contributed by atoms with Gasteiger partial charge in [-0.15, -0.1) is 0 Å². The van der Waals surface area contributed by atoms with Gasteiger partial charge in [-0.25, -0.2) is 18.4 Å². The van der Waals surface area contributed by atoms with E-state index in [2.05, 4.69) is 15.4 Å². The lowest BCUT2D eigenvalue weighted by molar-refractivity contribution is -0.137. The Morgan fingerprint density at radius 2 is 1.77 bits per heavy atom. The van der Waals surface area contributed by atoms with E-state index in [1.165, 1.54) is 35.5 Å². The monoisotopic (exact) mass is 495 g/mol. The Hall–Kier alpha value is -3.05. The van der Waals surface area contributed by atoms with E-state index in [0.29, 0.717) is 31.6 Å². The molecule has 0 radical (unpaired) electrons. The van der Waals surface area contributed by atoms with Crippen LogP contribution in [0, 0.1) is 11.6 Å². The SMILES string of the molecule is C[C@@H](N1CCC(Nc2ccc(C(F)(F)F)cc2)CC1)[C@](O)(Cn1cncn1)c1ccc(F)cc1F. The van der Waals surface area contributed by atoms with Gasteiger partial charge in [0, 0.05) is 42.5 Å². The quantitative estimate of drug-likeness (QED) is 0.475. The molecule has 0 spiro atoms. The number of aromatic nitrogens is 3. The first-order valence-corrected chi connectivity index (χ1v) is 11.2. The molecule has 0 amide bonds. The molecule has 188 valence electrons. The van der Waals surface area contributed by atoms with E-state index in [-0.39, 0.29) is 18.2 Å². The molecule has 1 aliphatic heterocycles. The van der Waals surface area contributed by atoms with Crippen LogP contribution in [0.1, 0.15) is 30.9 Å². The number of alkyl halides is 3. The number of aliphatic hydroxyl groups is 1. The summed E-state index contributed by atoms with van der Waals surface area (Å²) in [6, 6.07) is 7.48. The van der Waals surface area contributed by atoms with Crippen molar-refractivity contribution in [1.29, 1.82) is 0 Å². The van der Waals surface area contributed by atoms with E-state index < -0.39 is 35.0 Å². The number of rotatable bonds is 7. The fraction of sp³-hybridized carbons (Fsp3) is 0.417. The Bertz CT molecular complexity index is 1110. The predicted molar refractivity (Wildman–Crippen MR) is 119 cm³/mol. The van der Waals surface area contributed by atoms with Crippen LogP contribution in [0.15, 0.2) is 55.1 Å². The zero-order valence-electron chi connectivity index (χ0n) is 19.0. The minimum absolute atomic E-state index is 0.0288. The number of nitrogens with zero attached hydrogens (tertiary/aromatic N) is 4. The van der Waals surface area contributed by atoms with Gasteiger partial charge in [-0.3, -0.25) is 4.90 Å². The minimum Gasteiger partial charge on any atom is -0.382 e. The summed E-state index contributed by atoms with van der Waals surface area (Å²) in [4.78, 5) is 5.90. The molecule has 1 fully saturated rings. The lowest BCUT2D eigenvalue weighted by atomic mass is 9.84. The Morgan fingerprint density at radius 3 is 2.34 bits per heavy atom. The van der Waals surface area contributed by atoms with E-state index in [1.807, 2.05) is 4.90 Å². The van der Waals surface area contributed by atoms with Gasteiger partial charge < -0.3 is 10.4 Å². The van der Waals surface area contributed by atoms with Crippen molar-refractivity contribution in [2.75, 3.05) is 18.4 Å². The van der Waals surface area contributed by atoms with Crippen molar-refractivity contribution in [1.82, 2.24) is 19.7 Å². The molecule has 4 rings (SSSR count). The summed E-state index contributed by atoms with van der Waals surface area (Å²) in [5.41, 5.74) is -1.86. The van der Waals surface area contributed by atoms with Crippen molar-refractivity contribution in [3.8, 4) is 0 Å². The van der Waals surface area contributed by atoms with Crippen LogP contribution < -0.4 is 5.32 Å². The summed E-state index contributed by atoms with van der Waals surface area (Å²) in [6.07, 6.45) is -0.329. The van der Waals surface area contributed by atoms with Gasteiger partial charge in [0.1, 0.15) is 29.9 Å². The molecular formula is C24H26F5N5O. The number of hydrogen-bond donors (Lipinski definition) is 2. The fourth-order valence-electron chi connectivity index (χ4n) is 4.57. The van der Waals surface area contributed by atoms with Gasteiger partial charge in [-0.1, -0.05) is 6.07 Å². The van der Waals surface area contributed by atoms with Crippen LogP contribution in [0.25, 0.3) is 0 Å². The molecule has 0 aliphatic carbocycles. The third kappa shape index (κ3) is 5.62. The van der Waals surface area contributed by atoms with E-state index in [4.69, 9.17) is 0 Å². The van der Waals surface area contributed by atoms with Gasteiger partial charge in [0.25, 0.3) is 0 Å². The highest BCUT2D eigenvalue weighted by Crippen LogP contribution is 2.34. The molecule has 2 aromatic carbocycles. The average Bonchev–Trinajstić information content (AvgIpc) is 3.31. The van der Waals surface area contributed by atoms with Gasteiger partial charge in [0.05, 0.1) is 12.1 Å². The lowest BCUT2D eigenvalue weighted by Gasteiger charge is -2.44. The van der Waals surface area contributed by atoms with E-state index >= 15 is 0 Å². The number of hydrogen-bond acceptors (Lipinski definition) is 5.